The number of nitrogens with one attached hydrogen (secondary N) is 1. The molecular formula is C14H13FN2O3. The molecule has 5 nitrogen and oxygen atoms in total. The second-order valence-corrected chi connectivity index (χ2v) is 4.08. The lowest BCUT2D eigenvalue weighted by Crippen LogP contribution is -2.03. The van der Waals surface area contributed by atoms with E-state index in [-0.39, 0.29) is 17.0 Å². The summed E-state index contributed by atoms with van der Waals surface area (Å²) in [6.07, 6.45) is 0. The fourth-order valence-corrected chi connectivity index (χ4v) is 1.73. The second-order valence-electron chi connectivity index (χ2n) is 4.08. The van der Waals surface area contributed by atoms with Crippen molar-refractivity contribution in [3.8, 4) is 5.75 Å². The van der Waals surface area contributed by atoms with Crippen molar-refractivity contribution >= 4 is 23.0 Å². The smallest absolute Gasteiger partial charge is 0.337 e. The molecule has 0 aromatic heterocycles. The predicted octanol–water partition coefficient (Wildman–Crippen LogP) is 2.86. The highest BCUT2D eigenvalue weighted by atomic mass is 19.1. The van der Waals surface area contributed by atoms with Crippen molar-refractivity contribution in [2.24, 2.45) is 0 Å². The molecule has 0 saturated heterocycles. The number of hydrogen-bond acceptors (Lipinski definition) is 4. The van der Waals surface area contributed by atoms with Crippen LogP contribution in [-0.2, 0) is 0 Å². The number of aromatic carboxylic acids is 1. The van der Waals surface area contributed by atoms with Crippen molar-refractivity contribution in [1.82, 2.24) is 0 Å². The molecule has 0 atom stereocenters. The fourth-order valence-electron chi connectivity index (χ4n) is 1.73. The van der Waals surface area contributed by atoms with Crippen molar-refractivity contribution < 1.29 is 19.0 Å². The minimum Gasteiger partial charge on any atom is -0.494 e. The number of methoxy groups -OCH3 is 1. The second kappa shape index (κ2) is 5.48. The van der Waals surface area contributed by atoms with Crippen LogP contribution in [-0.4, -0.2) is 18.2 Å². The summed E-state index contributed by atoms with van der Waals surface area (Å²) in [5.74, 6) is -1.49. The summed E-state index contributed by atoms with van der Waals surface area (Å²) in [5.41, 5.74) is 6.70. The first kappa shape index (κ1) is 13.7. The van der Waals surface area contributed by atoms with Crippen LogP contribution >= 0.6 is 0 Å². The Balaban J connectivity index is 2.28. The molecule has 2 aromatic carbocycles. The van der Waals surface area contributed by atoms with E-state index in [0.717, 1.165) is 0 Å². The van der Waals surface area contributed by atoms with Crippen LogP contribution in [0.3, 0.4) is 0 Å². The topological polar surface area (TPSA) is 84.6 Å². The SMILES string of the molecule is COc1ccc(Nc2ccc(N)c(C(=O)O)c2)cc1F. The molecule has 0 unspecified atom stereocenters. The molecule has 2 aromatic rings. The molecule has 0 saturated carbocycles. The highest BCUT2D eigenvalue weighted by molar-refractivity contribution is 5.95. The molecule has 6 heteroatoms. The summed E-state index contributed by atoms with van der Waals surface area (Å²) >= 11 is 0. The van der Waals surface area contributed by atoms with Gasteiger partial charge in [-0.3, -0.25) is 0 Å². The molecule has 20 heavy (non-hydrogen) atoms. The third-order valence-corrected chi connectivity index (χ3v) is 2.72. The Morgan fingerprint density at radius 2 is 1.90 bits per heavy atom. The number of rotatable bonds is 4. The summed E-state index contributed by atoms with van der Waals surface area (Å²) in [5, 5.41) is 11.9. The maximum atomic E-state index is 13.5. The zero-order valence-electron chi connectivity index (χ0n) is 10.7. The van der Waals surface area contributed by atoms with Crippen molar-refractivity contribution in [3.05, 3.63) is 47.8 Å². The van der Waals surface area contributed by atoms with E-state index in [2.05, 4.69) is 5.32 Å². The van der Waals surface area contributed by atoms with Crippen molar-refractivity contribution in [2.75, 3.05) is 18.2 Å². The average molecular weight is 276 g/mol. The Morgan fingerprint density at radius 3 is 2.50 bits per heavy atom. The minimum atomic E-state index is -1.12. The molecule has 0 amide bonds. The third-order valence-electron chi connectivity index (χ3n) is 2.72. The quantitative estimate of drug-likeness (QED) is 0.748. The lowest BCUT2D eigenvalue weighted by Gasteiger charge is -2.10. The molecule has 0 radical (unpaired) electrons. The first-order valence-electron chi connectivity index (χ1n) is 5.74. The molecule has 104 valence electrons. The molecule has 0 spiro atoms. The van der Waals surface area contributed by atoms with E-state index < -0.39 is 11.8 Å². The Morgan fingerprint density at radius 1 is 1.25 bits per heavy atom. The Kier molecular flexibility index (Phi) is 3.74. The summed E-state index contributed by atoms with van der Waals surface area (Å²) in [6.45, 7) is 0. The number of benzene rings is 2. The van der Waals surface area contributed by atoms with Crippen LogP contribution in [0.25, 0.3) is 0 Å². The number of nitrogen functional groups attached to an aromatic ring is 1. The van der Waals surface area contributed by atoms with Gasteiger partial charge in [0.05, 0.1) is 12.7 Å². The molecule has 2 rings (SSSR count). The molecule has 4 N–H and O–H groups in total. The third kappa shape index (κ3) is 2.80. The monoisotopic (exact) mass is 276 g/mol. The number of carboxylic acids is 1. The van der Waals surface area contributed by atoms with Crippen LogP contribution in [0.1, 0.15) is 10.4 Å². The number of halogens is 1. The number of carboxylic acid groups (broad SMARTS) is 1. The van der Waals surface area contributed by atoms with Gasteiger partial charge < -0.3 is 20.9 Å². The highest BCUT2D eigenvalue weighted by Crippen LogP contribution is 2.25. The van der Waals surface area contributed by atoms with E-state index in [0.29, 0.717) is 11.4 Å². The summed E-state index contributed by atoms with van der Waals surface area (Å²) in [7, 11) is 1.38. The van der Waals surface area contributed by atoms with Gasteiger partial charge in [-0.15, -0.1) is 0 Å². The van der Waals surface area contributed by atoms with Gasteiger partial charge in [0.25, 0.3) is 0 Å². The maximum Gasteiger partial charge on any atom is 0.337 e. The van der Waals surface area contributed by atoms with Crippen LogP contribution in [0.15, 0.2) is 36.4 Å². The Bertz CT molecular complexity index is 659. The van der Waals surface area contributed by atoms with Crippen LogP contribution < -0.4 is 15.8 Å². The first-order valence-corrected chi connectivity index (χ1v) is 5.74. The number of carbonyl (C=O) groups is 1. The number of hydrogen-bond donors (Lipinski definition) is 3. The van der Waals surface area contributed by atoms with E-state index >= 15 is 0 Å². The molecule has 0 aliphatic carbocycles. The van der Waals surface area contributed by atoms with Crippen LogP contribution in [0, 0.1) is 5.82 Å². The Hall–Kier alpha value is -2.76. The van der Waals surface area contributed by atoms with E-state index in [1.165, 1.54) is 31.4 Å². The minimum absolute atomic E-state index is 0.0102. The van der Waals surface area contributed by atoms with Gasteiger partial charge in [-0.2, -0.15) is 0 Å². The zero-order valence-corrected chi connectivity index (χ0v) is 10.7. The van der Waals surface area contributed by atoms with Crippen molar-refractivity contribution in [3.63, 3.8) is 0 Å². The normalized spacial score (nSPS) is 10.1. The average Bonchev–Trinajstić information content (AvgIpc) is 2.41. The molecule has 0 heterocycles. The van der Waals surface area contributed by atoms with Crippen molar-refractivity contribution in [1.29, 1.82) is 0 Å². The molecule has 0 aliphatic heterocycles. The standard InChI is InChI=1S/C14H13FN2O3/c1-20-13-5-3-9(7-11(13)15)17-8-2-4-12(16)10(6-8)14(18)19/h2-7,17H,16H2,1H3,(H,18,19). The van der Waals surface area contributed by atoms with Gasteiger partial charge in [0.15, 0.2) is 11.6 Å². The van der Waals surface area contributed by atoms with Crippen LogP contribution in [0.4, 0.5) is 21.5 Å². The molecule has 0 aliphatic rings. The van der Waals surface area contributed by atoms with Gasteiger partial charge >= 0.3 is 5.97 Å². The van der Waals surface area contributed by atoms with Crippen LogP contribution in [0.2, 0.25) is 0 Å². The number of anilines is 3. The lowest BCUT2D eigenvalue weighted by atomic mass is 10.1. The van der Waals surface area contributed by atoms with E-state index in [1.54, 1.807) is 12.1 Å². The van der Waals surface area contributed by atoms with E-state index in [9.17, 15) is 9.18 Å². The lowest BCUT2D eigenvalue weighted by molar-refractivity contribution is 0.0698. The van der Waals surface area contributed by atoms with Gasteiger partial charge in [-0.05, 0) is 30.3 Å². The summed E-state index contributed by atoms with van der Waals surface area (Å²) in [4.78, 5) is 11.0. The molecule has 0 fully saturated rings. The van der Waals surface area contributed by atoms with Crippen molar-refractivity contribution in [2.45, 2.75) is 0 Å². The summed E-state index contributed by atoms with van der Waals surface area (Å²) in [6, 6.07) is 8.84. The fraction of sp³-hybridized carbons (Fsp3) is 0.0714. The van der Waals surface area contributed by atoms with E-state index in [4.69, 9.17) is 15.6 Å². The van der Waals surface area contributed by atoms with Gasteiger partial charge in [0.2, 0.25) is 0 Å². The van der Waals surface area contributed by atoms with Gasteiger partial charge in [-0.1, -0.05) is 0 Å². The van der Waals surface area contributed by atoms with Gasteiger partial charge in [0.1, 0.15) is 0 Å². The highest BCUT2D eigenvalue weighted by Gasteiger charge is 2.09. The molecule has 0 bridgehead atoms. The first-order chi connectivity index (χ1) is 9.51. The van der Waals surface area contributed by atoms with E-state index in [1.807, 2.05) is 0 Å². The van der Waals surface area contributed by atoms with Gasteiger partial charge in [-0.25, -0.2) is 9.18 Å². The molecular weight excluding hydrogens is 263 g/mol. The van der Waals surface area contributed by atoms with Crippen LogP contribution in [0.5, 0.6) is 5.75 Å². The predicted molar refractivity (Wildman–Crippen MR) is 74.0 cm³/mol. The Labute approximate surface area is 114 Å². The van der Waals surface area contributed by atoms with Gasteiger partial charge in [0, 0.05) is 23.1 Å². The summed E-state index contributed by atoms with van der Waals surface area (Å²) < 4.78 is 18.4. The number of nitrogens with two attached hydrogens (primary N) is 1. The number of ether oxygens (including phenoxy) is 1. The maximum absolute atomic E-state index is 13.5. The largest absolute Gasteiger partial charge is 0.494 e. The zero-order chi connectivity index (χ0) is 14.7.